The van der Waals surface area contributed by atoms with Gasteiger partial charge in [-0.3, -0.25) is 0 Å². The van der Waals surface area contributed by atoms with E-state index in [1.807, 2.05) is 0 Å². The Balaban J connectivity index is 1.99. The first-order valence-corrected chi connectivity index (χ1v) is 8.84. The number of esters is 1. The van der Waals surface area contributed by atoms with E-state index < -0.39 is 18.1 Å². The molecular formula is C19H13ClF3N3O4. The second-order valence-corrected chi connectivity index (χ2v) is 6.08. The molecule has 1 heterocycles. The highest BCUT2D eigenvalue weighted by Crippen LogP contribution is 2.29. The predicted molar refractivity (Wildman–Crippen MR) is 99.4 cm³/mol. The van der Waals surface area contributed by atoms with Gasteiger partial charge >= 0.3 is 12.3 Å². The second-order valence-electron chi connectivity index (χ2n) is 5.64. The van der Waals surface area contributed by atoms with Crippen LogP contribution in [0.2, 0.25) is 5.02 Å². The van der Waals surface area contributed by atoms with E-state index in [1.54, 1.807) is 19.1 Å². The van der Waals surface area contributed by atoms with E-state index in [-0.39, 0.29) is 29.6 Å². The minimum Gasteiger partial charge on any atom is -0.461 e. The van der Waals surface area contributed by atoms with Gasteiger partial charge in [-0.15, -0.1) is 23.4 Å². The number of rotatable bonds is 6. The van der Waals surface area contributed by atoms with Crippen LogP contribution >= 0.6 is 11.6 Å². The summed E-state index contributed by atoms with van der Waals surface area (Å²) in [4.78, 5) is 16.3. The van der Waals surface area contributed by atoms with Crippen molar-refractivity contribution < 1.29 is 32.2 Å². The minimum atomic E-state index is -4.85. The molecule has 0 saturated carbocycles. The molecule has 0 amide bonds. The van der Waals surface area contributed by atoms with Gasteiger partial charge in [0.15, 0.2) is 5.82 Å². The van der Waals surface area contributed by atoms with E-state index in [0.717, 1.165) is 12.1 Å². The van der Waals surface area contributed by atoms with E-state index in [4.69, 9.17) is 21.1 Å². The van der Waals surface area contributed by atoms with Gasteiger partial charge < -0.3 is 14.2 Å². The quantitative estimate of drug-likeness (QED) is 0.496. The second kappa shape index (κ2) is 8.95. The molecule has 0 aliphatic carbocycles. The Bertz CT molecular complexity index is 1050. The molecule has 0 unspecified atom stereocenters. The summed E-state index contributed by atoms with van der Waals surface area (Å²) >= 11 is 5.84. The summed E-state index contributed by atoms with van der Waals surface area (Å²) in [5.41, 5.74) is -0.126. The lowest BCUT2D eigenvalue weighted by Gasteiger charge is -2.11. The molecule has 0 aliphatic rings. The summed E-state index contributed by atoms with van der Waals surface area (Å²) in [7, 11) is 0. The van der Waals surface area contributed by atoms with Gasteiger partial charge in [0.2, 0.25) is 5.69 Å². The molecule has 3 aromatic rings. The third-order valence-electron chi connectivity index (χ3n) is 3.48. The molecule has 11 heteroatoms. The molecule has 7 nitrogen and oxygen atoms in total. The van der Waals surface area contributed by atoms with Crippen molar-refractivity contribution in [3.05, 3.63) is 59.2 Å². The normalized spacial score (nSPS) is 11.1. The van der Waals surface area contributed by atoms with Crippen LogP contribution in [-0.4, -0.2) is 34.1 Å². The highest BCUT2D eigenvalue weighted by Gasteiger charge is 2.31. The molecule has 0 aliphatic heterocycles. The Labute approximate surface area is 173 Å². The lowest BCUT2D eigenvalue weighted by Crippen LogP contribution is -2.17. The van der Waals surface area contributed by atoms with Crippen LogP contribution in [0.15, 0.2) is 48.5 Å². The van der Waals surface area contributed by atoms with Gasteiger partial charge in [0.25, 0.3) is 5.88 Å². The zero-order valence-corrected chi connectivity index (χ0v) is 16.1. The van der Waals surface area contributed by atoms with Crippen molar-refractivity contribution in [2.75, 3.05) is 6.61 Å². The Morgan fingerprint density at radius 2 is 1.80 bits per heavy atom. The molecule has 0 bridgehead atoms. The summed E-state index contributed by atoms with van der Waals surface area (Å²) in [5, 5.41) is 8.07. The SMILES string of the molecule is CCOC(=O)c1nnc(-c2cccc(OC(F)(F)F)c2)nc1Oc1ccc(Cl)cc1. The van der Waals surface area contributed by atoms with Gasteiger partial charge in [0.1, 0.15) is 11.5 Å². The van der Waals surface area contributed by atoms with Crippen molar-refractivity contribution in [1.82, 2.24) is 15.2 Å². The molecule has 0 saturated heterocycles. The summed E-state index contributed by atoms with van der Waals surface area (Å²) in [6, 6.07) is 11.2. The standard InChI is InChI=1S/C19H13ClF3N3O4/c1-2-28-18(27)15-17(29-13-8-6-12(20)7-9-13)24-16(26-25-15)11-4-3-5-14(10-11)30-19(21,22)23/h3-10H,2H2,1H3. The van der Waals surface area contributed by atoms with Crippen LogP contribution in [0.1, 0.15) is 17.4 Å². The fraction of sp³-hybridized carbons (Fsp3) is 0.158. The summed E-state index contributed by atoms with van der Waals surface area (Å²) < 4.78 is 51.9. The third-order valence-corrected chi connectivity index (χ3v) is 3.73. The van der Waals surface area contributed by atoms with Crippen molar-refractivity contribution in [2.24, 2.45) is 0 Å². The first-order chi connectivity index (χ1) is 14.2. The van der Waals surface area contributed by atoms with Gasteiger partial charge in [0, 0.05) is 10.6 Å². The average Bonchev–Trinajstić information content (AvgIpc) is 2.69. The third kappa shape index (κ3) is 5.57. The molecule has 1 aromatic heterocycles. The van der Waals surface area contributed by atoms with E-state index >= 15 is 0 Å². The van der Waals surface area contributed by atoms with Crippen molar-refractivity contribution >= 4 is 17.6 Å². The van der Waals surface area contributed by atoms with Crippen molar-refractivity contribution in [2.45, 2.75) is 13.3 Å². The Morgan fingerprint density at radius 1 is 1.07 bits per heavy atom. The van der Waals surface area contributed by atoms with E-state index in [0.29, 0.717) is 10.8 Å². The van der Waals surface area contributed by atoms with E-state index in [9.17, 15) is 18.0 Å². The molecule has 0 N–H and O–H groups in total. The lowest BCUT2D eigenvalue weighted by molar-refractivity contribution is -0.274. The number of carbonyl (C=O) groups is 1. The molecule has 2 aromatic carbocycles. The Morgan fingerprint density at radius 3 is 2.47 bits per heavy atom. The van der Waals surface area contributed by atoms with Gasteiger partial charge in [-0.2, -0.15) is 4.98 Å². The van der Waals surface area contributed by atoms with Crippen LogP contribution in [-0.2, 0) is 4.74 Å². The van der Waals surface area contributed by atoms with Gasteiger partial charge in [-0.05, 0) is 43.3 Å². The number of halogens is 4. The van der Waals surface area contributed by atoms with Crippen LogP contribution in [0.4, 0.5) is 13.2 Å². The number of alkyl halides is 3. The molecule has 30 heavy (non-hydrogen) atoms. The van der Waals surface area contributed by atoms with Crippen LogP contribution in [0.25, 0.3) is 11.4 Å². The average molecular weight is 440 g/mol. The minimum absolute atomic E-state index is 0.0828. The topological polar surface area (TPSA) is 83.4 Å². The number of ether oxygens (including phenoxy) is 3. The Kier molecular flexibility index (Phi) is 6.36. The highest BCUT2D eigenvalue weighted by atomic mass is 35.5. The maximum absolute atomic E-state index is 12.5. The van der Waals surface area contributed by atoms with Crippen molar-refractivity contribution in [1.29, 1.82) is 0 Å². The highest BCUT2D eigenvalue weighted by molar-refractivity contribution is 6.30. The van der Waals surface area contributed by atoms with Gasteiger partial charge in [-0.25, -0.2) is 4.79 Å². The van der Waals surface area contributed by atoms with Crippen molar-refractivity contribution in [3.63, 3.8) is 0 Å². The zero-order chi connectivity index (χ0) is 21.7. The van der Waals surface area contributed by atoms with Crippen LogP contribution in [0.5, 0.6) is 17.4 Å². The number of aromatic nitrogens is 3. The molecular weight excluding hydrogens is 427 g/mol. The Hall–Kier alpha value is -3.40. The molecule has 3 rings (SSSR count). The maximum Gasteiger partial charge on any atom is 0.573 e. The molecule has 0 radical (unpaired) electrons. The number of carbonyl (C=O) groups excluding carboxylic acids is 1. The largest absolute Gasteiger partial charge is 0.573 e. The number of hydrogen-bond acceptors (Lipinski definition) is 7. The number of hydrogen-bond donors (Lipinski definition) is 0. The van der Waals surface area contributed by atoms with E-state index in [1.165, 1.54) is 24.3 Å². The van der Waals surface area contributed by atoms with Crippen molar-refractivity contribution in [3.8, 4) is 28.8 Å². The first-order valence-electron chi connectivity index (χ1n) is 8.46. The monoisotopic (exact) mass is 439 g/mol. The molecule has 156 valence electrons. The van der Waals surface area contributed by atoms with Crippen LogP contribution in [0.3, 0.4) is 0 Å². The predicted octanol–water partition coefficient (Wildman–Crippen LogP) is 5.06. The molecule has 0 spiro atoms. The van der Waals surface area contributed by atoms with Gasteiger partial charge in [-0.1, -0.05) is 23.7 Å². The lowest BCUT2D eigenvalue weighted by atomic mass is 10.2. The summed E-state index contributed by atoms with van der Waals surface area (Å²) in [6.07, 6.45) is -4.85. The summed E-state index contributed by atoms with van der Waals surface area (Å²) in [5.74, 6) is -1.30. The summed E-state index contributed by atoms with van der Waals surface area (Å²) in [6.45, 7) is 1.69. The number of benzene rings is 2. The maximum atomic E-state index is 12.5. The molecule has 0 fully saturated rings. The molecule has 0 atom stereocenters. The smallest absolute Gasteiger partial charge is 0.461 e. The fourth-order valence-corrected chi connectivity index (χ4v) is 2.41. The van der Waals surface area contributed by atoms with Crippen LogP contribution in [0, 0.1) is 0 Å². The van der Waals surface area contributed by atoms with E-state index in [2.05, 4.69) is 19.9 Å². The zero-order valence-electron chi connectivity index (χ0n) is 15.3. The fourth-order valence-electron chi connectivity index (χ4n) is 2.28. The first kappa shape index (κ1) is 21.3. The van der Waals surface area contributed by atoms with Gasteiger partial charge in [0.05, 0.1) is 6.61 Å². The van der Waals surface area contributed by atoms with Crippen LogP contribution < -0.4 is 9.47 Å². The number of nitrogens with zero attached hydrogens (tertiary/aromatic N) is 3.